The van der Waals surface area contributed by atoms with Crippen LogP contribution in [-0.4, -0.2) is 34.8 Å². The molecule has 0 amide bonds. The van der Waals surface area contributed by atoms with Crippen molar-refractivity contribution in [1.82, 2.24) is 0 Å². The van der Waals surface area contributed by atoms with Crippen LogP contribution in [0.4, 0.5) is 0 Å². The van der Waals surface area contributed by atoms with Gasteiger partial charge in [-0.2, -0.15) is 0 Å². The molecule has 5 nitrogen and oxygen atoms in total. The zero-order chi connectivity index (χ0) is 15.2. The van der Waals surface area contributed by atoms with Crippen molar-refractivity contribution in [3.63, 3.8) is 0 Å². The lowest BCUT2D eigenvalue weighted by atomic mass is 10.0. The van der Waals surface area contributed by atoms with Crippen molar-refractivity contribution in [2.45, 2.75) is 12.8 Å². The molecule has 0 atom stereocenters. The van der Waals surface area contributed by atoms with E-state index < -0.39 is 0 Å². The van der Waals surface area contributed by atoms with Gasteiger partial charge in [-0.15, -0.1) is 0 Å². The van der Waals surface area contributed by atoms with Gasteiger partial charge in [-0.1, -0.05) is 12.1 Å². The highest BCUT2D eigenvalue weighted by Gasteiger charge is 2.11. The number of ketones is 1. The van der Waals surface area contributed by atoms with Crippen molar-refractivity contribution in [2.24, 2.45) is 10.7 Å². The summed E-state index contributed by atoms with van der Waals surface area (Å²) in [6.07, 6.45) is 6.40. The Bertz CT molecular complexity index is 630. The molecule has 110 valence electrons. The molecule has 1 aliphatic rings. The number of carbonyl (C=O) groups excluding carboxylic acids is 1. The Morgan fingerprint density at radius 3 is 2.57 bits per heavy atom. The van der Waals surface area contributed by atoms with E-state index in [1.165, 1.54) is 12.1 Å². The minimum absolute atomic E-state index is 0.102. The highest BCUT2D eigenvalue weighted by Crippen LogP contribution is 2.25. The molecule has 0 heterocycles. The maximum absolute atomic E-state index is 11.8. The number of carbonyl (C=O) groups is 1. The largest absolute Gasteiger partial charge is 0.504 e. The van der Waals surface area contributed by atoms with Crippen molar-refractivity contribution in [2.75, 3.05) is 13.1 Å². The number of aliphatic imine (C=N–C) groups is 1. The van der Waals surface area contributed by atoms with Crippen molar-refractivity contribution in [3.8, 4) is 11.5 Å². The van der Waals surface area contributed by atoms with E-state index in [-0.39, 0.29) is 17.3 Å². The van der Waals surface area contributed by atoms with Gasteiger partial charge in [0.25, 0.3) is 0 Å². The van der Waals surface area contributed by atoms with Crippen LogP contribution in [0.1, 0.15) is 12.0 Å². The summed E-state index contributed by atoms with van der Waals surface area (Å²) < 4.78 is 0. The lowest BCUT2D eigenvalue weighted by molar-refractivity contribution is -0.108. The molecule has 0 saturated heterocycles. The Morgan fingerprint density at radius 2 is 1.90 bits per heavy atom. The van der Waals surface area contributed by atoms with Crippen molar-refractivity contribution >= 4 is 11.5 Å². The Balaban J connectivity index is 1.95. The molecule has 0 radical (unpaired) electrons. The van der Waals surface area contributed by atoms with Crippen LogP contribution >= 0.6 is 0 Å². The second-order valence-electron chi connectivity index (χ2n) is 4.80. The summed E-state index contributed by atoms with van der Waals surface area (Å²) in [4.78, 5) is 16.1. The van der Waals surface area contributed by atoms with E-state index in [2.05, 4.69) is 4.99 Å². The van der Waals surface area contributed by atoms with Crippen molar-refractivity contribution in [3.05, 3.63) is 47.6 Å². The van der Waals surface area contributed by atoms with E-state index in [0.29, 0.717) is 31.6 Å². The van der Waals surface area contributed by atoms with Crippen LogP contribution in [0.2, 0.25) is 0 Å². The van der Waals surface area contributed by atoms with Crippen LogP contribution < -0.4 is 5.73 Å². The van der Waals surface area contributed by atoms with Crippen LogP contribution in [-0.2, 0) is 11.2 Å². The molecule has 0 aromatic heterocycles. The van der Waals surface area contributed by atoms with Crippen LogP contribution in [0, 0.1) is 0 Å². The van der Waals surface area contributed by atoms with E-state index >= 15 is 0 Å². The average molecular weight is 286 g/mol. The number of phenolic OH excluding ortho intramolecular Hbond substituents is 2. The molecule has 1 aromatic rings. The van der Waals surface area contributed by atoms with Crippen LogP contribution in [0.5, 0.6) is 11.5 Å². The van der Waals surface area contributed by atoms with Crippen molar-refractivity contribution in [1.29, 1.82) is 0 Å². The maximum atomic E-state index is 11.8. The van der Waals surface area contributed by atoms with Gasteiger partial charge in [-0.05, 0) is 54.8 Å². The quantitative estimate of drug-likeness (QED) is 0.564. The smallest absolute Gasteiger partial charge is 0.203 e. The fourth-order valence-electron chi connectivity index (χ4n) is 2.04. The molecule has 0 saturated carbocycles. The normalized spacial score (nSPS) is 16.3. The number of aromatic hydroxyl groups is 2. The molecule has 0 fully saturated rings. The van der Waals surface area contributed by atoms with E-state index in [9.17, 15) is 15.0 Å². The van der Waals surface area contributed by atoms with Gasteiger partial charge in [-0.25, -0.2) is 0 Å². The number of allylic oxidation sites excluding steroid dienone is 3. The fourth-order valence-corrected chi connectivity index (χ4v) is 2.04. The fraction of sp³-hybridized carbons (Fsp3) is 0.250. The van der Waals surface area contributed by atoms with Gasteiger partial charge in [0.2, 0.25) is 5.78 Å². The SMILES string of the molecule is NCCC1=CC(=O)C(=NCCc2ccc(O)c(O)c2)C=C1. The van der Waals surface area contributed by atoms with E-state index in [0.717, 1.165) is 11.1 Å². The molecule has 2 rings (SSSR count). The monoisotopic (exact) mass is 286 g/mol. The number of hydrogen-bond acceptors (Lipinski definition) is 5. The van der Waals surface area contributed by atoms with Gasteiger partial charge in [-0.3, -0.25) is 9.79 Å². The number of benzene rings is 1. The summed E-state index contributed by atoms with van der Waals surface area (Å²) in [5.74, 6) is -0.398. The van der Waals surface area contributed by atoms with E-state index in [1.807, 2.05) is 6.08 Å². The molecule has 5 heteroatoms. The number of phenols is 2. The lowest BCUT2D eigenvalue weighted by Gasteiger charge is -2.07. The molecule has 0 aliphatic heterocycles. The number of nitrogens with zero attached hydrogens (tertiary/aromatic N) is 1. The highest BCUT2D eigenvalue weighted by molar-refractivity contribution is 6.49. The van der Waals surface area contributed by atoms with Gasteiger partial charge in [0.15, 0.2) is 11.5 Å². The molecular weight excluding hydrogens is 268 g/mol. The minimum atomic E-state index is -0.150. The highest BCUT2D eigenvalue weighted by atomic mass is 16.3. The topological polar surface area (TPSA) is 95.9 Å². The second-order valence-corrected chi connectivity index (χ2v) is 4.80. The molecule has 1 aromatic carbocycles. The predicted molar refractivity (Wildman–Crippen MR) is 81.7 cm³/mol. The summed E-state index contributed by atoms with van der Waals surface area (Å²) in [7, 11) is 0. The number of nitrogens with two attached hydrogens (primary N) is 1. The van der Waals surface area contributed by atoms with Gasteiger partial charge < -0.3 is 15.9 Å². The van der Waals surface area contributed by atoms with Gasteiger partial charge in [0.05, 0.1) is 0 Å². The molecule has 1 aliphatic carbocycles. The summed E-state index contributed by atoms with van der Waals surface area (Å²) in [5, 5.41) is 18.6. The third-order valence-corrected chi connectivity index (χ3v) is 3.18. The number of hydrogen-bond donors (Lipinski definition) is 3. The minimum Gasteiger partial charge on any atom is -0.504 e. The molecule has 0 spiro atoms. The molecule has 0 unspecified atom stereocenters. The van der Waals surface area contributed by atoms with Crippen LogP contribution in [0.3, 0.4) is 0 Å². The van der Waals surface area contributed by atoms with Crippen LogP contribution in [0.15, 0.2) is 47.0 Å². The zero-order valence-corrected chi connectivity index (χ0v) is 11.6. The third kappa shape index (κ3) is 4.03. The first-order chi connectivity index (χ1) is 10.1. The first-order valence-corrected chi connectivity index (χ1v) is 6.78. The Hall–Kier alpha value is -2.40. The third-order valence-electron chi connectivity index (χ3n) is 3.18. The number of rotatable bonds is 5. The predicted octanol–water partition coefficient (Wildman–Crippen LogP) is 1.50. The summed E-state index contributed by atoms with van der Waals surface area (Å²) in [6.45, 7) is 0.954. The van der Waals surface area contributed by atoms with Gasteiger partial charge >= 0.3 is 0 Å². The second kappa shape index (κ2) is 6.85. The lowest BCUT2D eigenvalue weighted by Crippen LogP contribution is -2.14. The molecular formula is C16H18N2O3. The summed E-state index contributed by atoms with van der Waals surface area (Å²) in [5.41, 5.74) is 7.65. The summed E-state index contributed by atoms with van der Waals surface area (Å²) >= 11 is 0. The maximum Gasteiger partial charge on any atom is 0.203 e. The molecule has 0 bridgehead atoms. The molecule has 4 N–H and O–H groups in total. The Morgan fingerprint density at radius 1 is 1.10 bits per heavy atom. The Kier molecular flexibility index (Phi) is 4.90. The zero-order valence-electron chi connectivity index (χ0n) is 11.6. The van der Waals surface area contributed by atoms with Crippen LogP contribution in [0.25, 0.3) is 0 Å². The van der Waals surface area contributed by atoms with Crippen molar-refractivity contribution < 1.29 is 15.0 Å². The molecule has 21 heavy (non-hydrogen) atoms. The Labute approximate surface area is 123 Å². The average Bonchev–Trinajstić information content (AvgIpc) is 2.45. The standard InChI is InChI=1S/C16H18N2O3/c17-7-5-11-1-3-13(15(20)9-11)18-8-6-12-2-4-14(19)16(21)10-12/h1-4,9-10,19,21H,5-8,17H2. The summed E-state index contributed by atoms with van der Waals surface area (Å²) in [6, 6.07) is 4.64. The van der Waals surface area contributed by atoms with Gasteiger partial charge in [0.1, 0.15) is 5.71 Å². The van der Waals surface area contributed by atoms with E-state index in [1.54, 1.807) is 18.2 Å². The van der Waals surface area contributed by atoms with E-state index in [4.69, 9.17) is 5.73 Å². The first-order valence-electron chi connectivity index (χ1n) is 6.78. The van der Waals surface area contributed by atoms with Gasteiger partial charge in [0, 0.05) is 6.54 Å². The first kappa shape index (κ1) is 15.0.